The van der Waals surface area contributed by atoms with Crippen molar-refractivity contribution in [1.82, 2.24) is 19.8 Å². The number of fused-ring (bicyclic) bond motifs is 1. The standard InChI is InChI=1S/C25H30N4O3/c1-3-19-8-10-20(11-9-19)18(2)26-24(30)17-29-23(16-28-12-14-32-15-13-28)27-22-7-5-4-6-21(22)25(29)31/h4-11,18H,3,12-17H2,1-2H3,(H,26,30)/t18-/m1/s1. The largest absolute Gasteiger partial charge is 0.379 e. The number of carbonyl (C=O) groups excluding carboxylic acids is 1. The molecule has 0 saturated carbocycles. The van der Waals surface area contributed by atoms with E-state index in [9.17, 15) is 9.59 Å². The van der Waals surface area contributed by atoms with Crippen LogP contribution in [0.25, 0.3) is 10.9 Å². The minimum Gasteiger partial charge on any atom is -0.379 e. The molecule has 2 aromatic carbocycles. The van der Waals surface area contributed by atoms with Gasteiger partial charge >= 0.3 is 0 Å². The van der Waals surface area contributed by atoms with Gasteiger partial charge < -0.3 is 10.1 Å². The summed E-state index contributed by atoms with van der Waals surface area (Å²) < 4.78 is 6.95. The molecule has 1 aromatic heterocycles. The molecule has 0 radical (unpaired) electrons. The third-order valence-corrected chi connectivity index (χ3v) is 5.98. The average Bonchev–Trinajstić information content (AvgIpc) is 2.82. The van der Waals surface area contributed by atoms with E-state index >= 15 is 0 Å². The summed E-state index contributed by atoms with van der Waals surface area (Å²) in [4.78, 5) is 33.1. The first-order valence-corrected chi connectivity index (χ1v) is 11.2. The zero-order chi connectivity index (χ0) is 22.5. The maximum absolute atomic E-state index is 13.3. The van der Waals surface area contributed by atoms with Crippen molar-refractivity contribution < 1.29 is 9.53 Å². The van der Waals surface area contributed by atoms with Crippen molar-refractivity contribution in [1.29, 1.82) is 0 Å². The lowest BCUT2D eigenvalue weighted by Crippen LogP contribution is -2.40. The van der Waals surface area contributed by atoms with Crippen LogP contribution in [0, 0.1) is 0 Å². The molecule has 0 aliphatic carbocycles. The number of benzene rings is 2. The van der Waals surface area contributed by atoms with Crippen molar-refractivity contribution in [2.24, 2.45) is 0 Å². The SMILES string of the molecule is CCc1ccc([C@@H](C)NC(=O)Cn2c(CN3CCOCC3)nc3ccccc3c2=O)cc1. The minimum atomic E-state index is -0.209. The number of ether oxygens (including phenoxy) is 1. The number of nitrogens with zero attached hydrogens (tertiary/aromatic N) is 3. The summed E-state index contributed by atoms with van der Waals surface area (Å²) in [5, 5.41) is 3.55. The van der Waals surface area contributed by atoms with Crippen LogP contribution in [-0.4, -0.2) is 46.7 Å². The van der Waals surface area contributed by atoms with Crippen molar-refractivity contribution in [3.05, 3.63) is 75.8 Å². The zero-order valence-corrected chi connectivity index (χ0v) is 18.7. The fraction of sp³-hybridized carbons (Fsp3) is 0.400. The Bertz CT molecular complexity index is 1130. The van der Waals surface area contributed by atoms with Crippen LogP contribution in [0.2, 0.25) is 0 Å². The van der Waals surface area contributed by atoms with Gasteiger partial charge in [0.1, 0.15) is 12.4 Å². The molecule has 1 fully saturated rings. The Kier molecular flexibility index (Phi) is 6.97. The fourth-order valence-electron chi connectivity index (χ4n) is 4.01. The number of nitrogens with one attached hydrogen (secondary N) is 1. The van der Waals surface area contributed by atoms with Gasteiger partial charge in [-0.25, -0.2) is 4.98 Å². The van der Waals surface area contributed by atoms with E-state index in [1.807, 2.05) is 37.3 Å². The van der Waals surface area contributed by atoms with Gasteiger partial charge in [0.25, 0.3) is 5.56 Å². The van der Waals surface area contributed by atoms with Crippen molar-refractivity contribution in [3.8, 4) is 0 Å². The molecule has 1 saturated heterocycles. The van der Waals surface area contributed by atoms with Gasteiger partial charge in [-0.15, -0.1) is 0 Å². The Labute approximate surface area is 188 Å². The van der Waals surface area contributed by atoms with Gasteiger partial charge in [0.2, 0.25) is 5.91 Å². The van der Waals surface area contributed by atoms with E-state index < -0.39 is 0 Å². The molecule has 1 N–H and O–H groups in total. The van der Waals surface area contributed by atoms with E-state index in [2.05, 4.69) is 29.3 Å². The van der Waals surface area contributed by atoms with E-state index in [0.29, 0.717) is 36.5 Å². The highest BCUT2D eigenvalue weighted by Crippen LogP contribution is 2.15. The second kappa shape index (κ2) is 10.1. The Morgan fingerprint density at radius 3 is 2.56 bits per heavy atom. The van der Waals surface area contributed by atoms with Crippen LogP contribution < -0.4 is 10.9 Å². The summed E-state index contributed by atoms with van der Waals surface area (Å²) in [5.74, 6) is 0.394. The molecule has 0 spiro atoms. The van der Waals surface area contributed by atoms with E-state index in [-0.39, 0.29) is 24.1 Å². The van der Waals surface area contributed by atoms with Crippen LogP contribution in [0.15, 0.2) is 53.3 Å². The van der Waals surface area contributed by atoms with Crippen molar-refractivity contribution in [3.63, 3.8) is 0 Å². The molecule has 1 aliphatic heterocycles. The number of para-hydroxylation sites is 1. The zero-order valence-electron chi connectivity index (χ0n) is 18.7. The molecule has 7 heteroatoms. The van der Waals surface area contributed by atoms with Crippen molar-refractivity contribution >= 4 is 16.8 Å². The van der Waals surface area contributed by atoms with Crippen LogP contribution >= 0.6 is 0 Å². The Morgan fingerprint density at radius 2 is 1.84 bits per heavy atom. The van der Waals surface area contributed by atoms with Crippen LogP contribution in [-0.2, 0) is 29.0 Å². The lowest BCUT2D eigenvalue weighted by atomic mass is 10.1. The lowest BCUT2D eigenvalue weighted by molar-refractivity contribution is -0.122. The highest BCUT2D eigenvalue weighted by Gasteiger charge is 2.19. The average molecular weight is 435 g/mol. The summed E-state index contributed by atoms with van der Waals surface area (Å²) in [6.45, 7) is 7.38. The summed E-state index contributed by atoms with van der Waals surface area (Å²) in [6.07, 6.45) is 0.977. The van der Waals surface area contributed by atoms with Crippen LogP contribution in [0.3, 0.4) is 0 Å². The summed E-state index contributed by atoms with van der Waals surface area (Å²) in [6, 6.07) is 15.4. The molecule has 1 amide bonds. The number of carbonyl (C=O) groups is 1. The van der Waals surface area contributed by atoms with E-state index in [1.54, 1.807) is 6.07 Å². The summed E-state index contributed by atoms with van der Waals surface area (Å²) >= 11 is 0. The van der Waals surface area contributed by atoms with Gasteiger partial charge in [-0.2, -0.15) is 0 Å². The Morgan fingerprint density at radius 1 is 1.12 bits per heavy atom. The maximum Gasteiger partial charge on any atom is 0.261 e. The summed E-state index contributed by atoms with van der Waals surface area (Å²) in [7, 11) is 0. The fourth-order valence-corrected chi connectivity index (χ4v) is 4.01. The minimum absolute atomic E-state index is 0.0618. The third-order valence-electron chi connectivity index (χ3n) is 5.98. The van der Waals surface area contributed by atoms with Gasteiger partial charge in [0.15, 0.2) is 0 Å². The van der Waals surface area contributed by atoms with E-state index in [4.69, 9.17) is 9.72 Å². The van der Waals surface area contributed by atoms with Gasteiger partial charge in [0.05, 0.1) is 36.7 Å². The number of amides is 1. The number of morpholine rings is 1. The molecule has 2 heterocycles. The molecule has 0 unspecified atom stereocenters. The first kappa shape index (κ1) is 22.2. The highest BCUT2D eigenvalue weighted by atomic mass is 16.5. The maximum atomic E-state index is 13.3. The topological polar surface area (TPSA) is 76.5 Å². The van der Waals surface area contributed by atoms with Crippen molar-refractivity contribution in [2.45, 2.75) is 39.4 Å². The second-order valence-electron chi connectivity index (χ2n) is 8.21. The molecule has 32 heavy (non-hydrogen) atoms. The first-order chi connectivity index (χ1) is 15.5. The van der Waals surface area contributed by atoms with Gasteiger partial charge in [-0.3, -0.25) is 19.1 Å². The Balaban J connectivity index is 1.57. The predicted octanol–water partition coefficient (Wildman–Crippen LogP) is 2.67. The predicted molar refractivity (Wildman–Crippen MR) is 124 cm³/mol. The number of hydrogen-bond donors (Lipinski definition) is 1. The first-order valence-electron chi connectivity index (χ1n) is 11.2. The van der Waals surface area contributed by atoms with Gasteiger partial charge in [-0.05, 0) is 36.6 Å². The second-order valence-corrected chi connectivity index (χ2v) is 8.21. The molecule has 3 aromatic rings. The number of aromatic nitrogens is 2. The number of hydrogen-bond acceptors (Lipinski definition) is 5. The monoisotopic (exact) mass is 434 g/mol. The number of aryl methyl sites for hydroxylation is 1. The smallest absolute Gasteiger partial charge is 0.261 e. The quantitative estimate of drug-likeness (QED) is 0.619. The van der Waals surface area contributed by atoms with E-state index in [1.165, 1.54) is 10.1 Å². The van der Waals surface area contributed by atoms with Crippen LogP contribution in [0.4, 0.5) is 0 Å². The van der Waals surface area contributed by atoms with Crippen molar-refractivity contribution in [2.75, 3.05) is 26.3 Å². The molecule has 0 bridgehead atoms. The summed E-state index contributed by atoms with van der Waals surface area (Å²) in [5.41, 5.74) is 2.76. The lowest BCUT2D eigenvalue weighted by Gasteiger charge is -2.27. The normalized spacial score (nSPS) is 15.6. The van der Waals surface area contributed by atoms with E-state index in [0.717, 1.165) is 25.1 Å². The third kappa shape index (κ3) is 5.06. The molecule has 7 nitrogen and oxygen atoms in total. The molecule has 4 rings (SSSR count). The van der Waals surface area contributed by atoms with Crippen LogP contribution in [0.1, 0.15) is 36.8 Å². The highest BCUT2D eigenvalue weighted by molar-refractivity contribution is 5.79. The Hall–Kier alpha value is -3.03. The molecular weight excluding hydrogens is 404 g/mol. The molecular formula is C25H30N4O3. The molecule has 1 atom stereocenters. The number of rotatable bonds is 7. The molecule has 168 valence electrons. The van der Waals surface area contributed by atoms with Gasteiger partial charge in [0, 0.05) is 13.1 Å². The molecule has 1 aliphatic rings. The van der Waals surface area contributed by atoms with Crippen LogP contribution in [0.5, 0.6) is 0 Å². The van der Waals surface area contributed by atoms with Gasteiger partial charge in [-0.1, -0.05) is 43.3 Å².